The van der Waals surface area contributed by atoms with Crippen LogP contribution >= 0.6 is 0 Å². The highest BCUT2D eigenvalue weighted by Gasteiger charge is 2.21. The van der Waals surface area contributed by atoms with Crippen LogP contribution in [0.2, 0.25) is 0 Å². The van der Waals surface area contributed by atoms with Crippen molar-refractivity contribution in [2.24, 2.45) is 0 Å². The van der Waals surface area contributed by atoms with E-state index in [1.807, 2.05) is 30.0 Å². The van der Waals surface area contributed by atoms with Crippen molar-refractivity contribution in [2.45, 2.75) is 6.92 Å². The Labute approximate surface area is 120 Å². The summed E-state index contributed by atoms with van der Waals surface area (Å²) in [6.07, 6.45) is 0. The first-order valence-corrected chi connectivity index (χ1v) is 6.80. The van der Waals surface area contributed by atoms with Gasteiger partial charge < -0.3 is 14.9 Å². The number of piperazine rings is 1. The Bertz CT molecular complexity index is 549. The van der Waals surface area contributed by atoms with Crippen molar-refractivity contribution in [3.63, 3.8) is 0 Å². The zero-order valence-corrected chi connectivity index (χ0v) is 12.0. The van der Waals surface area contributed by atoms with Crippen LogP contribution in [0.15, 0.2) is 18.2 Å². The average molecular weight is 272 g/mol. The maximum absolute atomic E-state index is 12.6. The third kappa shape index (κ3) is 3.19. The van der Waals surface area contributed by atoms with Gasteiger partial charge >= 0.3 is 0 Å². The molecule has 2 rings (SSSR count). The fourth-order valence-electron chi connectivity index (χ4n) is 2.32. The molecule has 0 radical (unpaired) electrons. The summed E-state index contributed by atoms with van der Waals surface area (Å²) in [5.41, 5.74) is 2.40. The SMILES string of the molecule is Cc1c(C#CCO)cccc1C(=O)N1CCN(C)CC1. The van der Waals surface area contributed by atoms with Gasteiger partial charge in [0.25, 0.3) is 5.91 Å². The van der Waals surface area contributed by atoms with Gasteiger partial charge in [-0.3, -0.25) is 4.79 Å². The minimum atomic E-state index is -0.171. The van der Waals surface area contributed by atoms with Crippen LogP contribution in [0.3, 0.4) is 0 Å². The van der Waals surface area contributed by atoms with Crippen molar-refractivity contribution in [1.82, 2.24) is 9.80 Å². The molecule has 1 aromatic carbocycles. The maximum Gasteiger partial charge on any atom is 0.254 e. The van der Waals surface area contributed by atoms with Crippen LogP contribution in [0.4, 0.5) is 0 Å². The van der Waals surface area contributed by atoms with Crippen LogP contribution in [0.25, 0.3) is 0 Å². The van der Waals surface area contributed by atoms with Gasteiger partial charge in [0.1, 0.15) is 6.61 Å². The smallest absolute Gasteiger partial charge is 0.254 e. The third-order valence-corrected chi connectivity index (χ3v) is 3.66. The molecule has 1 aromatic rings. The zero-order chi connectivity index (χ0) is 14.5. The van der Waals surface area contributed by atoms with Gasteiger partial charge in [0.2, 0.25) is 0 Å². The molecular formula is C16H20N2O2. The monoisotopic (exact) mass is 272 g/mol. The van der Waals surface area contributed by atoms with Gasteiger partial charge in [0, 0.05) is 37.3 Å². The van der Waals surface area contributed by atoms with E-state index in [1.54, 1.807) is 0 Å². The van der Waals surface area contributed by atoms with Crippen molar-refractivity contribution in [3.05, 3.63) is 34.9 Å². The summed E-state index contributed by atoms with van der Waals surface area (Å²) in [4.78, 5) is 16.7. The standard InChI is InChI=1S/C16H20N2O2/c1-13-14(6-4-12-19)5-3-7-15(13)16(20)18-10-8-17(2)9-11-18/h3,5,7,19H,8-12H2,1-2H3. The summed E-state index contributed by atoms with van der Waals surface area (Å²) < 4.78 is 0. The fourth-order valence-corrected chi connectivity index (χ4v) is 2.32. The molecule has 1 amide bonds. The second-order valence-corrected chi connectivity index (χ2v) is 5.03. The molecule has 1 aliphatic rings. The first-order valence-electron chi connectivity index (χ1n) is 6.80. The molecule has 0 atom stereocenters. The lowest BCUT2D eigenvalue weighted by atomic mass is 10.0. The number of aliphatic hydroxyl groups is 1. The number of hydrogen-bond acceptors (Lipinski definition) is 3. The van der Waals surface area contributed by atoms with E-state index in [2.05, 4.69) is 23.8 Å². The molecule has 1 aliphatic heterocycles. The summed E-state index contributed by atoms with van der Waals surface area (Å²) in [5.74, 6) is 5.59. The molecule has 1 heterocycles. The number of carbonyl (C=O) groups is 1. The normalized spacial score (nSPS) is 15.7. The van der Waals surface area contributed by atoms with Gasteiger partial charge in [0.05, 0.1) is 0 Å². The van der Waals surface area contributed by atoms with E-state index in [9.17, 15) is 4.79 Å². The van der Waals surface area contributed by atoms with Crippen molar-refractivity contribution in [2.75, 3.05) is 39.8 Å². The Morgan fingerprint density at radius 1 is 1.30 bits per heavy atom. The van der Waals surface area contributed by atoms with Crippen molar-refractivity contribution < 1.29 is 9.90 Å². The third-order valence-electron chi connectivity index (χ3n) is 3.66. The Hall–Kier alpha value is -1.83. The zero-order valence-electron chi connectivity index (χ0n) is 12.0. The molecule has 4 heteroatoms. The van der Waals surface area contributed by atoms with Crippen LogP contribution < -0.4 is 0 Å². The van der Waals surface area contributed by atoms with Crippen molar-refractivity contribution in [1.29, 1.82) is 0 Å². The number of aliphatic hydroxyl groups excluding tert-OH is 1. The molecule has 0 aliphatic carbocycles. The van der Waals surface area contributed by atoms with Crippen LogP contribution in [0, 0.1) is 18.8 Å². The molecule has 0 aromatic heterocycles. The summed E-state index contributed by atoms with van der Waals surface area (Å²) in [7, 11) is 2.07. The Kier molecular flexibility index (Phi) is 4.78. The predicted molar refractivity (Wildman–Crippen MR) is 78.5 cm³/mol. The molecule has 0 spiro atoms. The van der Waals surface area contributed by atoms with Gasteiger partial charge in [-0.2, -0.15) is 0 Å². The molecular weight excluding hydrogens is 252 g/mol. The number of carbonyl (C=O) groups excluding carboxylic acids is 1. The van der Waals surface area contributed by atoms with Crippen LogP contribution in [0.5, 0.6) is 0 Å². The van der Waals surface area contributed by atoms with Gasteiger partial charge in [-0.1, -0.05) is 17.9 Å². The average Bonchev–Trinajstić information content (AvgIpc) is 2.46. The summed E-state index contributed by atoms with van der Waals surface area (Å²) >= 11 is 0. The lowest BCUT2D eigenvalue weighted by Crippen LogP contribution is -2.47. The second kappa shape index (κ2) is 6.56. The molecule has 0 unspecified atom stereocenters. The van der Waals surface area contributed by atoms with E-state index in [0.717, 1.165) is 37.3 Å². The first-order chi connectivity index (χ1) is 9.63. The number of amides is 1. The van der Waals surface area contributed by atoms with Crippen LogP contribution in [-0.4, -0.2) is 60.6 Å². The minimum absolute atomic E-state index is 0.0725. The van der Waals surface area contributed by atoms with Crippen molar-refractivity contribution >= 4 is 5.91 Å². The maximum atomic E-state index is 12.6. The van der Waals surface area contributed by atoms with Gasteiger partial charge in [-0.15, -0.1) is 0 Å². The first kappa shape index (κ1) is 14.6. The molecule has 0 saturated carbocycles. The predicted octanol–water partition coefficient (Wildman–Crippen LogP) is 0.726. The van der Waals surface area contributed by atoms with E-state index >= 15 is 0 Å². The van der Waals surface area contributed by atoms with Crippen LogP contribution in [-0.2, 0) is 0 Å². The highest BCUT2D eigenvalue weighted by molar-refractivity contribution is 5.96. The van der Waals surface area contributed by atoms with Gasteiger partial charge in [-0.05, 0) is 31.7 Å². The van der Waals surface area contributed by atoms with E-state index in [4.69, 9.17) is 5.11 Å². The minimum Gasteiger partial charge on any atom is -0.384 e. The number of rotatable bonds is 1. The second-order valence-electron chi connectivity index (χ2n) is 5.03. The molecule has 1 N–H and O–H groups in total. The highest BCUT2D eigenvalue weighted by Crippen LogP contribution is 2.16. The lowest BCUT2D eigenvalue weighted by Gasteiger charge is -2.32. The van der Waals surface area contributed by atoms with Crippen molar-refractivity contribution in [3.8, 4) is 11.8 Å². The van der Waals surface area contributed by atoms with Gasteiger partial charge in [0.15, 0.2) is 0 Å². The van der Waals surface area contributed by atoms with E-state index < -0.39 is 0 Å². The summed E-state index contributed by atoms with van der Waals surface area (Å²) in [5, 5.41) is 8.77. The van der Waals surface area contributed by atoms with Gasteiger partial charge in [-0.25, -0.2) is 0 Å². The molecule has 0 bridgehead atoms. The van der Waals surface area contributed by atoms with E-state index in [1.165, 1.54) is 0 Å². The molecule has 4 nitrogen and oxygen atoms in total. The van der Waals surface area contributed by atoms with E-state index in [-0.39, 0.29) is 12.5 Å². The quantitative estimate of drug-likeness (QED) is 0.766. The number of nitrogens with zero attached hydrogens (tertiary/aromatic N) is 2. The molecule has 20 heavy (non-hydrogen) atoms. The largest absolute Gasteiger partial charge is 0.384 e. The highest BCUT2D eigenvalue weighted by atomic mass is 16.2. The molecule has 106 valence electrons. The molecule has 1 fully saturated rings. The lowest BCUT2D eigenvalue weighted by molar-refractivity contribution is 0.0663. The summed E-state index contributed by atoms with van der Waals surface area (Å²) in [6, 6.07) is 5.57. The van der Waals surface area contributed by atoms with Crippen LogP contribution in [0.1, 0.15) is 21.5 Å². The number of benzene rings is 1. The number of likely N-dealkylation sites (N-methyl/N-ethyl adjacent to an activating group) is 1. The molecule has 1 saturated heterocycles. The topological polar surface area (TPSA) is 43.8 Å². The summed E-state index contributed by atoms with van der Waals surface area (Å²) in [6.45, 7) is 5.09. The fraction of sp³-hybridized carbons (Fsp3) is 0.438. The Morgan fingerprint density at radius 3 is 2.65 bits per heavy atom. The van der Waals surface area contributed by atoms with E-state index in [0.29, 0.717) is 5.56 Å². The Balaban J connectivity index is 2.22. The number of hydrogen-bond donors (Lipinski definition) is 1. The Morgan fingerprint density at radius 2 is 2.00 bits per heavy atom.